The molecule has 0 saturated heterocycles. The standard InChI is InChI=1S/C21H19F4N/c1-10-7-12-8-13-9-15(11-3-5-14(26-2)6-4-11)19(23)21(25)17(13)16(12)20(24)18(10)22/h3,7,9,14,26H,4-6,8H2,1-2H3. The molecule has 2 aliphatic carbocycles. The highest BCUT2D eigenvalue weighted by molar-refractivity contribution is 5.81. The van der Waals surface area contributed by atoms with Crippen molar-refractivity contribution >= 4 is 5.57 Å². The molecule has 0 aliphatic heterocycles. The van der Waals surface area contributed by atoms with Crippen molar-refractivity contribution in [2.75, 3.05) is 7.05 Å². The van der Waals surface area contributed by atoms with Gasteiger partial charge >= 0.3 is 0 Å². The fourth-order valence-electron chi connectivity index (χ4n) is 4.10. The average molecular weight is 361 g/mol. The highest BCUT2D eigenvalue weighted by Gasteiger charge is 2.32. The second kappa shape index (κ2) is 6.23. The van der Waals surface area contributed by atoms with Gasteiger partial charge in [-0.3, -0.25) is 0 Å². The molecule has 2 aliphatic rings. The molecule has 1 nitrogen and oxygen atoms in total. The first-order valence-electron chi connectivity index (χ1n) is 8.77. The SMILES string of the molecule is CNC1CC=C(c2cc3c(c(F)c2F)-c2c(cc(C)c(F)c2F)C3)CC1. The van der Waals surface area contributed by atoms with Gasteiger partial charge in [0.1, 0.15) is 0 Å². The molecule has 1 atom stereocenters. The molecule has 0 heterocycles. The number of nitrogens with one attached hydrogen (secondary N) is 1. The van der Waals surface area contributed by atoms with Crippen molar-refractivity contribution in [3.63, 3.8) is 0 Å². The second-order valence-corrected chi connectivity index (χ2v) is 7.11. The molecule has 1 N–H and O–H groups in total. The van der Waals surface area contributed by atoms with Crippen LogP contribution in [0.3, 0.4) is 0 Å². The van der Waals surface area contributed by atoms with Gasteiger partial charge in [0.15, 0.2) is 23.3 Å². The van der Waals surface area contributed by atoms with Gasteiger partial charge in [-0.1, -0.05) is 12.1 Å². The first-order valence-corrected chi connectivity index (χ1v) is 8.77. The molecular formula is C21H19F4N. The smallest absolute Gasteiger partial charge is 0.167 e. The minimum atomic E-state index is -1.10. The van der Waals surface area contributed by atoms with Gasteiger partial charge in [-0.15, -0.1) is 0 Å². The van der Waals surface area contributed by atoms with Gasteiger partial charge in [0.05, 0.1) is 0 Å². The van der Waals surface area contributed by atoms with Crippen LogP contribution in [0, 0.1) is 30.2 Å². The first kappa shape index (κ1) is 17.3. The van der Waals surface area contributed by atoms with Crippen LogP contribution in [0.1, 0.15) is 41.5 Å². The monoisotopic (exact) mass is 361 g/mol. The third-order valence-electron chi connectivity index (χ3n) is 5.55. The highest BCUT2D eigenvalue weighted by Crippen LogP contribution is 2.44. The Morgan fingerprint density at radius 3 is 2.19 bits per heavy atom. The fourth-order valence-corrected chi connectivity index (χ4v) is 4.10. The van der Waals surface area contributed by atoms with Crippen molar-refractivity contribution in [2.45, 2.75) is 38.6 Å². The molecule has 1 unspecified atom stereocenters. The lowest BCUT2D eigenvalue weighted by molar-refractivity contribution is 0.495. The number of halogens is 4. The minimum Gasteiger partial charge on any atom is -0.317 e. The van der Waals surface area contributed by atoms with Crippen LogP contribution in [-0.4, -0.2) is 13.1 Å². The van der Waals surface area contributed by atoms with E-state index in [2.05, 4.69) is 5.32 Å². The van der Waals surface area contributed by atoms with E-state index in [9.17, 15) is 17.6 Å². The van der Waals surface area contributed by atoms with Crippen molar-refractivity contribution in [3.05, 3.63) is 63.7 Å². The Kier molecular flexibility index (Phi) is 4.14. The van der Waals surface area contributed by atoms with Gasteiger partial charge in [0.2, 0.25) is 0 Å². The van der Waals surface area contributed by atoms with Gasteiger partial charge in [-0.2, -0.15) is 0 Å². The summed E-state index contributed by atoms with van der Waals surface area (Å²) in [5.74, 6) is -4.17. The zero-order valence-electron chi connectivity index (χ0n) is 14.6. The molecule has 0 saturated carbocycles. The molecule has 0 spiro atoms. The second-order valence-electron chi connectivity index (χ2n) is 7.11. The molecule has 4 rings (SSSR count). The zero-order valence-corrected chi connectivity index (χ0v) is 14.6. The van der Waals surface area contributed by atoms with Crippen molar-refractivity contribution in [2.24, 2.45) is 0 Å². The van der Waals surface area contributed by atoms with E-state index in [0.29, 0.717) is 23.6 Å². The lowest BCUT2D eigenvalue weighted by atomic mass is 9.88. The molecule has 136 valence electrons. The molecule has 0 aromatic heterocycles. The lowest BCUT2D eigenvalue weighted by Crippen LogP contribution is -2.26. The molecule has 0 fully saturated rings. The minimum absolute atomic E-state index is 0.137. The van der Waals surface area contributed by atoms with E-state index in [1.54, 1.807) is 6.07 Å². The van der Waals surface area contributed by atoms with Gasteiger partial charge in [-0.25, -0.2) is 17.6 Å². The maximum atomic E-state index is 14.8. The molecule has 2 aromatic rings. The Bertz CT molecular complexity index is 946. The molecule has 5 heteroatoms. The molecule has 0 bridgehead atoms. The van der Waals surface area contributed by atoms with Crippen LogP contribution in [0.2, 0.25) is 0 Å². The van der Waals surface area contributed by atoms with Crippen molar-refractivity contribution in [1.82, 2.24) is 5.32 Å². The summed E-state index contributed by atoms with van der Waals surface area (Å²) < 4.78 is 58.0. The fraction of sp³-hybridized carbons (Fsp3) is 0.333. The topological polar surface area (TPSA) is 12.0 Å². The predicted octanol–water partition coefficient (Wildman–Crippen LogP) is 5.28. The van der Waals surface area contributed by atoms with Gasteiger partial charge in [0, 0.05) is 22.7 Å². The Balaban J connectivity index is 1.85. The van der Waals surface area contributed by atoms with E-state index in [-0.39, 0.29) is 28.7 Å². The highest BCUT2D eigenvalue weighted by atomic mass is 19.2. The van der Waals surface area contributed by atoms with Crippen molar-refractivity contribution in [1.29, 1.82) is 0 Å². The summed E-state index contributed by atoms with van der Waals surface area (Å²) in [4.78, 5) is 0. The normalized spacial score (nSPS) is 18.5. The van der Waals surface area contributed by atoms with Gasteiger partial charge < -0.3 is 5.32 Å². The summed E-state index contributed by atoms with van der Waals surface area (Å²) in [6, 6.07) is 3.46. The van der Waals surface area contributed by atoms with Crippen LogP contribution in [0.5, 0.6) is 0 Å². The maximum Gasteiger partial charge on any atom is 0.167 e. The van der Waals surface area contributed by atoms with E-state index in [4.69, 9.17) is 0 Å². The average Bonchev–Trinajstić information content (AvgIpc) is 3.01. The Morgan fingerprint density at radius 1 is 0.923 bits per heavy atom. The number of benzene rings is 2. The van der Waals surface area contributed by atoms with E-state index in [1.165, 1.54) is 13.0 Å². The number of rotatable bonds is 2. The summed E-state index contributed by atoms with van der Waals surface area (Å²) >= 11 is 0. The number of hydrogen-bond donors (Lipinski definition) is 1. The molecule has 0 radical (unpaired) electrons. The summed E-state index contributed by atoms with van der Waals surface area (Å²) in [5, 5.41) is 3.18. The third kappa shape index (κ3) is 2.49. The van der Waals surface area contributed by atoms with Crippen LogP contribution in [0.25, 0.3) is 16.7 Å². The summed E-state index contributed by atoms with van der Waals surface area (Å²) in [5.41, 5.74) is 1.91. The molecule has 26 heavy (non-hydrogen) atoms. The van der Waals surface area contributed by atoms with Crippen LogP contribution in [0.15, 0.2) is 18.2 Å². The van der Waals surface area contributed by atoms with E-state index >= 15 is 0 Å². The summed E-state index contributed by atoms with van der Waals surface area (Å²) in [6.45, 7) is 1.47. The Morgan fingerprint density at radius 2 is 1.58 bits per heavy atom. The number of fused-ring (bicyclic) bond motifs is 3. The predicted molar refractivity (Wildman–Crippen MR) is 93.9 cm³/mol. The van der Waals surface area contributed by atoms with Crippen LogP contribution < -0.4 is 5.32 Å². The zero-order chi connectivity index (χ0) is 18.6. The van der Waals surface area contributed by atoms with E-state index in [0.717, 1.165) is 18.4 Å². The molecule has 2 aromatic carbocycles. The van der Waals surface area contributed by atoms with E-state index < -0.39 is 23.3 Å². The third-order valence-corrected chi connectivity index (χ3v) is 5.55. The lowest BCUT2D eigenvalue weighted by Gasteiger charge is -2.22. The van der Waals surface area contributed by atoms with Crippen LogP contribution >= 0.6 is 0 Å². The largest absolute Gasteiger partial charge is 0.317 e. The van der Waals surface area contributed by atoms with Crippen molar-refractivity contribution < 1.29 is 17.6 Å². The number of aryl methyl sites for hydroxylation is 1. The van der Waals surface area contributed by atoms with Crippen LogP contribution in [-0.2, 0) is 6.42 Å². The summed E-state index contributed by atoms with van der Waals surface area (Å²) in [7, 11) is 1.88. The van der Waals surface area contributed by atoms with Crippen molar-refractivity contribution in [3.8, 4) is 11.1 Å². The quantitative estimate of drug-likeness (QED) is 0.613. The van der Waals surface area contributed by atoms with E-state index in [1.807, 2.05) is 13.1 Å². The Labute approximate surface area is 149 Å². The first-order chi connectivity index (χ1) is 12.4. The summed E-state index contributed by atoms with van der Waals surface area (Å²) in [6.07, 6.45) is 4.46. The molecule has 0 amide bonds. The van der Waals surface area contributed by atoms with Crippen LogP contribution in [0.4, 0.5) is 17.6 Å². The Hall–Kier alpha value is -2.14. The molecular weight excluding hydrogens is 342 g/mol. The maximum absolute atomic E-state index is 14.8. The van der Waals surface area contributed by atoms with Gasteiger partial charge in [0.25, 0.3) is 0 Å². The number of hydrogen-bond acceptors (Lipinski definition) is 1. The van der Waals surface area contributed by atoms with Gasteiger partial charge in [-0.05, 0) is 68.0 Å². The number of allylic oxidation sites excluding steroid dienone is 1.